The highest BCUT2D eigenvalue weighted by Gasteiger charge is 2.25. The molecule has 2 heterocycles. The van der Waals surface area contributed by atoms with Gasteiger partial charge in [0.15, 0.2) is 0 Å². The van der Waals surface area contributed by atoms with Gasteiger partial charge < -0.3 is 14.8 Å². The van der Waals surface area contributed by atoms with E-state index < -0.39 is 15.9 Å². The molecule has 1 amide bonds. The molecule has 0 unspecified atom stereocenters. The molecule has 1 saturated heterocycles. The van der Waals surface area contributed by atoms with Crippen LogP contribution in [0.15, 0.2) is 47.5 Å². The summed E-state index contributed by atoms with van der Waals surface area (Å²) in [5, 5.41) is 7.82. The number of ether oxygens (including phenoxy) is 2. The van der Waals surface area contributed by atoms with E-state index in [2.05, 4.69) is 15.1 Å². The number of aromatic nitrogens is 2. The first-order chi connectivity index (χ1) is 14.4. The van der Waals surface area contributed by atoms with Gasteiger partial charge in [0.05, 0.1) is 41.6 Å². The van der Waals surface area contributed by atoms with E-state index in [4.69, 9.17) is 9.47 Å². The lowest BCUT2D eigenvalue weighted by Gasteiger charge is -2.14. The van der Waals surface area contributed by atoms with Gasteiger partial charge in [0.25, 0.3) is 5.91 Å². The van der Waals surface area contributed by atoms with Crippen LogP contribution < -0.4 is 14.8 Å². The summed E-state index contributed by atoms with van der Waals surface area (Å²) in [5.74, 6) is -0.210. The minimum absolute atomic E-state index is 0.0139. The quantitative estimate of drug-likeness (QED) is 0.618. The van der Waals surface area contributed by atoms with E-state index in [0.717, 1.165) is 10.9 Å². The van der Waals surface area contributed by atoms with Crippen molar-refractivity contribution in [3.63, 3.8) is 0 Å². The number of anilines is 1. The Kier molecular flexibility index (Phi) is 5.46. The van der Waals surface area contributed by atoms with E-state index in [9.17, 15) is 13.2 Å². The van der Waals surface area contributed by atoms with Crippen molar-refractivity contribution < 1.29 is 22.7 Å². The number of hydrogen-bond donors (Lipinski definition) is 2. The van der Waals surface area contributed by atoms with Crippen molar-refractivity contribution >= 4 is 32.5 Å². The predicted molar refractivity (Wildman–Crippen MR) is 111 cm³/mol. The van der Waals surface area contributed by atoms with Crippen LogP contribution in [-0.2, 0) is 21.8 Å². The Morgan fingerprint density at radius 3 is 2.87 bits per heavy atom. The molecule has 158 valence electrons. The van der Waals surface area contributed by atoms with Crippen LogP contribution in [0.25, 0.3) is 10.9 Å². The zero-order chi connectivity index (χ0) is 21.3. The van der Waals surface area contributed by atoms with Crippen molar-refractivity contribution in [2.24, 2.45) is 7.05 Å². The molecule has 0 aliphatic carbocycles. The molecule has 4 rings (SSSR count). The Morgan fingerprint density at radius 1 is 1.30 bits per heavy atom. The molecule has 2 N–H and O–H groups in total. The van der Waals surface area contributed by atoms with E-state index in [1.165, 1.54) is 25.3 Å². The smallest absolute Gasteiger partial charge is 0.259 e. The van der Waals surface area contributed by atoms with E-state index >= 15 is 0 Å². The lowest BCUT2D eigenvalue weighted by molar-refractivity contribution is 0.102. The van der Waals surface area contributed by atoms with E-state index in [-0.39, 0.29) is 22.3 Å². The summed E-state index contributed by atoms with van der Waals surface area (Å²) in [7, 11) is -0.568. The Labute approximate surface area is 174 Å². The molecule has 0 spiro atoms. The molecule has 1 aromatic heterocycles. The van der Waals surface area contributed by atoms with Gasteiger partial charge in [0, 0.05) is 25.1 Å². The van der Waals surface area contributed by atoms with Gasteiger partial charge in [0.1, 0.15) is 5.75 Å². The molecule has 0 bridgehead atoms. The summed E-state index contributed by atoms with van der Waals surface area (Å²) >= 11 is 0. The Balaban J connectivity index is 1.65. The van der Waals surface area contributed by atoms with Crippen molar-refractivity contribution in [3.8, 4) is 5.75 Å². The number of amides is 1. The number of methoxy groups -OCH3 is 1. The largest absolute Gasteiger partial charge is 0.496 e. The number of sulfonamides is 1. The second kappa shape index (κ2) is 8.05. The standard InChI is InChI=1S/C20H22N4O5S/c1-24-18-5-3-4-17(16(18)11-21-24)22-20(25)15-10-14(6-7-19(15)28-2)30(26,27)23-13-8-9-29-12-13/h3-7,10-11,13,23H,8-9,12H2,1-2H3,(H,22,25)/t13-/m0/s1. The average Bonchev–Trinajstić information content (AvgIpc) is 3.37. The lowest BCUT2D eigenvalue weighted by atomic mass is 10.1. The molecule has 1 atom stereocenters. The minimum Gasteiger partial charge on any atom is -0.496 e. The van der Waals surface area contributed by atoms with Crippen molar-refractivity contribution in [1.82, 2.24) is 14.5 Å². The summed E-state index contributed by atoms with van der Waals surface area (Å²) in [6.07, 6.45) is 2.27. The predicted octanol–water partition coefficient (Wildman–Crippen LogP) is 1.90. The SMILES string of the molecule is COc1ccc(S(=O)(=O)N[C@H]2CCOC2)cc1C(=O)Nc1cccc2c1cnn2C. The maximum Gasteiger partial charge on any atom is 0.259 e. The van der Waals surface area contributed by atoms with Gasteiger partial charge in [-0.3, -0.25) is 9.48 Å². The molecule has 0 saturated carbocycles. The summed E-state index contributed by atoms with van der Waals surface area (Å²) < 4.78 is 40.3. The van der Waals surface area contributed by atoms with Crippen LogP contribution in [-0.4, -0.2) is 50.5 Å². The van der Waals surface area contributed by atoms with Crippen LogP contribution in [0.2, 0.25) is 0 Å². The average molecular weight is 430 g/mol. The number of benzene rings is 2. The molecule has 0 radical (unpaired) electrons. The van der Waals surface area contributed by atoms with Gasteiger partial charge in [-0.05, 0) is 36.8 Å². The van der Waals surface area contributed by atoms with Crippen LogP contribution in [0.5, 0.6) is 5.75 Å². The summed E-state index contributed by atoms with van der Waals surface area (Å²) in [6, 6.07) is 9.38. The maximum atomic E-state index is 13.0. The fraction of sp³-hybridized carbons (Fsp3) is 0.300. The van der Waals surface area contributed by atoms with Crippen LogP contribution in [0.4, 0.5) is 5.69 Å². The fourth-order valence-electron chi connectivity index (χ4n) is 3.42. The summed E-state index contributed by atoms with van der Waals surface area (Å²) in [5.41, 5.74) is 1.55. The number of carbonyl (C=O) groups excluding carboxylic acids is 1. The Hall–Kier alpha value is -2.95. The van der Waals surface area contributed by atoms with Gasteiger partial charge >= 0.3 is 0 Å². The number of fused-ring (bicyclic) bond motifs is 1. The Bertz CT molecular complexity index is 1200. The number of rotatable bonds is 6. The zero-order valence-corrected chi connectivity index (χ0v) is 17.4. The monoisotopic (exact) mass is 430 g/mol. The van der Waals surface area contributed by atoms with E-state index in [0.29, 0.717) is 25.3 Å². The van der Waals surface area contributed by atoms with Crippen molar-refractivity contribution in [3.05, 3.63) is 48.2 Å². The van der Waals surface area contributed by atoms with Gasteiger partial charge in [-0.2, -0.15) is 5.10 Å². The minimum atomic E-state index is -3.81. The lowest BCUT2D eigenvalue weighted by Crippen LogP contribution is -2.35. The molecule has 2 aromatic carbocycles. The molecular formula is C20H22N4O5S. The first-order valence-corrected chi connectivity index (χ1v) is 10.9. The molecule has 1 fully saturated rings. The third kappa shape index (κ3) is 3.89. The third-order valence-electron chi connectivity index (χ3n) is 5.02. The molecule has 30 heavy (non-hydrogen) atoms. The topological polar surface area (TPSA) is 112 Å². The fourth-order valence-corrected chi connectivity index (χ4v) is 4.70. The highest BCUT2D eigenvalue weighted by Crippen LogP contribution is 2.27. The van der Waals surface area contributed by atoms with Crippen LogP contribution in [0.1, 0.15) is 16.8 Å². The van der Waals surface area contributed by atoms with Gasteiger partial charge in [-0.15, -0.1) is 0 Å². The number of nitrogens with zero attached hydrogens (tertiary/aromatic N) is 2. The highest BCUT2D eigenvalue weighted by molar-refractivity contribution is 7.89. The maximum absolute atomic E-state index is 13.0. The molecule has 1 aliphatic heterocycles. The summed E-state index contributed by atoms with van der Waals surface area (Å²) in [6.45, 7) is 0.848. The second-order valence-electron chi connectivity index (χ2n) is 7.00. The van der Waals surface area contributed by atoms with E-state index in [1.54, 1.807) is 16.9 Å². The van der Waals surface area contributed by atoms with Crippen molar-refractivity contribution in [1.29, 1.82) is 0 Å². The normalized spacial score (nSPS) is 16.7. The number of nitrogens with one attached hydrogen (secondary N) is 2. The molecule has 1 aliphatic rings. The first kappa shape index (κ1) is 20.3. The Morgan fingerprint density at radius 2 is 2.13 bits per heavy atom. The first-order valence-electron chi connectivity index (χ1n) is 9.39. The van der Waals surface area contributed by atoms with Crippen LogP contribution in [0.3, 0.4) is 0 Å². The number of aryl methyl sites for hydroxylation is 1. The van der Waals surface area contributed by atoms with Crippen molar-refractivity contribution in [2.75, 3.05) is 25.6 Å². The van der Waals surface area contributed by atoms with Crippen LogP contribution in [0, 0.1) is 0 Å². The number of carbonyl (C=O) groups is 1. The molecule has 10 heteroatoms. The molecular weight excluding hydrogens is 408 g/mol. The highest BCUT2D eigenvalue weighted by atomic mass is 32.2. The second-order valence-corrected chi connectivity index (χ2v) is 8.72. The van der Waals surface area contributed by atoms with Gasteiger partial charge in [-0.25, -0.2) is 13.1 Å². The third-order valence-corrected chi connectivity index (χ3v) is 6.54. The molecule has 9 nitrogen and oxygen atoms in total. The summed E-state index contributed by atoms with van der Waals surface area (Å²) in [4.78, 5) is 13.0. The molecule has 3 aromatic rings. The van der Waals surface area contributed by atoms with E-state index in [1.807, 2.05) is 19.2 Å². The number of hydrogen-bond acceptors (Lipinski definition) is 6. The zero-order valence-electron chi connectivity index (χ0n) is 16.6. The van der Waals surface area contributed by atoms with Gasteiger partial charge in [-0.1, -0.05) is 6.07 Å². The van der Waals surface area contributed by atoms with Crippen LogP contribution >= 0.6 is 0 Å². The van der Waals surface area contributed by atoms with Crippen molar-refractivity contribution in [2.45, 2.75) is 17.4 Å². The van der Waals surface area contributed by atoms with Gasteiger partial charge in [0.2, 0.25) is 10.0 Å².